The lowest BCUT2D eigenvalue weighted by molar-refractivity contribution is -0.138. The van der Waals surface area contributed by atoms with Crippen LogP contribution in [0.1, 0.15) is 48.0 Å². The first-order valence-electron chi connectivity index (χ1n) is 6.84. The number of aliphatic carboxylic acids is 1. The quantitative estimate of drug-likeness (QED) is 0.464. The van der Waals surface area contributed by atoms with E-state index in [9.17, 15) is 4.79 Å². The molecule has 0 heterocycles. The molecule has 0 spiro atoms. The number of carboxylic acid groups (broad SMARTS) is 1. The predicted octanol–water partition coefficient (Wildman–Crippen LogP) is 4.97. The Morgan fingerprint density at radius 3 is 1.84 bits per heavy atom. The highest BCUT2D eigenvalue weighted by Crippen LogP contribution is 2.43. The molecule has 0 bridgehead atoms. The molecule has 5 heteroatoms. The van der Waals surface area contributed by atoms with Crippen molar-refractivity contribution in [3.63, 3.8) is 0 Å². The van der Waals surface area contributed by atoms with Crippen LogP contribution >= 0.6 is 22.6 Å². The highest BCUT2D eigenvalue weighted by molar-refractivity contribution is 14.1. The van der Waals surface area contributed by atoms with E-state index in [0.29, 0.717) is 16.6 Å². The molecule has 0 saturated carbocycles. The minimum Gasteiger partial charge on any atom is -0.481 e. The summed E-state index contributed by atoms with van der Waals surface area (Å²) in [7, 11) is -2.01. The molecule has 1 N–H and O–H groups in total. The second-order valence-electron chi connectivity index (χ2n) is 5.89. The fraction of sp³-hybridized carbons (Fsp3) is 0.786. The monoisotopic (exact) mass is 398 g/mol. The van der Waals surface area contributed by atoms with E-state index in [2.05, 4.69) is 64.1 Å². The second-order valence-corrected chi connectivity index (χ2v) is 12.0. The Labute approximate surface area is 132 Å². The van der Waals surface area contributed by atoms with Gasteiger partial charge in [-0.05, 0) is 20.7 Å². The molecule has 0 amide bonds. The molecule has 0 aliphatic carbocycles. The van der Waals surface area contributed by atoms with Gasteiger partial charge in [0, 0.05) is 0 Å². The van der Waals surface area contributed by atoms with Crippen LogP contribution in [0, 0.1) is 0 Å². The van der Waals surface area contributed by atoms with Crippen molar-refractivity contribution in [3.8, 4) is 0 Å². The van der Waals surface area contributed by atoms with E-state index < -0.39 is 14.3 Å². The SMILES string of the molecule is CC(C)[Si](O[C@H](/C=C/I)CC(=O)O)(C(C)C)C(C)C. The molecule has 0 radical (unpaired) electrons. The first-order chi connectivity index (χ1) is 8.68. The van der Waals surface area contributed by atoms with Gasteiger partial charge in [0.15, 0.2) is 0 Å². The Hall–Kier alpha value is 0.117. The first-order valence-corrected chi connectivity index (χ1v) is 10.2. The van der Waals surface area contributed by atoms with Gasteiger partial charge in [0.25, 0.3) is 0 Å². The molecule has 0 unspecified atom stereocenters. The predicted molar refractivity (Wildman–Crippen MR) is 91.3 cm³/mol. The van der Waals surface area contributed by atoms with Gasteiger partial charge in [0.05, 0.1) is 12.5 Å². The second kappa shape index (κ2) is 8.41. The molecule has 0 fully saturated rings. The lowest BCUT2D eigenvalue weighted by atomic mass is 10.2. The van der Waals surface area contributed by atoms with Crippen molar-refractivity contribution in [1.82, 2.24) is 0 Å². The number of carboxylic acids is 1. The topological polar surface area (TPSA) is 46.5 Å². The van der Waals surface area contributed by atoms with E-state index in [-0.39, 0.29) is 12.5 Å². The van der Waals surface area contributed by atoms with Crippen molar-refractivity contribution in [2.24, 2.45) is 0 Å². The molecule has 0 rings (SSSR count). The largest absolute Gasteiger partial charge is 0.481 e. The molecule has 1 atom stereocenters. The molecule has 3 nitrogen and oxygen atoms in total. The molecule has 0 aliphatic heterocycles. The molecule has 0 aromatic carbocycles. The highest BCUT2D eigenvalue weighted by Gasteiger charge is 2.46. The summed E-state index contributed by atoms with van der Waals surface area (Å²) in [6.07, 6.45) is 1.59. The summed E-state index contributed by atoms with van der Waals surface area (Å²) in [5.41, 5.74) is 1.39. The molecule has 19 heavy (non-hydrogen) atoms. The van der Waals surface area contributed by atoms with Gasteiger partial charge in [0.1, 0.15) is 0 Å². The van der Waals surface area contributed by atoms with Gasteiger partial charge in [-0.1, -0.05) is 70.2 Å². The van der Waals surface area contributed by atoms with Crippen LogP contribution in [0.4, 0.5) is 0 Å². The van der Waals surface area contributed by atoms with Gasteiger partial charge >= 0.3 is 5.97 Å². The number of halogens is 1. The third kappa shape index (κ3) is 5.19. The Kier molecular flexibility index (Phi) is 8.47. The molecule has 0 saturated heterocycles. The van der Waals surface area contributed by atoms with Crippen LogP contribution in [0.3, 0.4) is 0 Å². The normalized spacial score (nSPS) is 14.8. The maximum absolute atomic E-state index is 11.0. The van der Waals surface area contributed by atoms with Crippen LogP contribution in [0.5, 0.6) is 0 Å². The van der Waals surface area contributed by atoms with Gasteiger partial charge in [0.2, 0.25) is 8.32 Å². The lowest BCUT2D eigenvalue weighted by Gasteiger charge is -2.44. The third-order valence-electron chi connectivity index (χ3n) is 3.73. The van der Waals surface area contributed by atoms with Gasteiger partial charge in [-0.2, -0.15) is 0 Å². The average Bonchev–Trinajstić information content (AvgIpc) is 2.23. The summed E-state index contributed by atoms with van der Waals surface area (Å²) in [5.74, 6) is -0.807. The summed E-state index contributed by atoms with van der Waals surface area (Å²) >= 11 is 2.11. The highest BCUT2D eigenvalue weighted by atomic mass is 127. The zero-order valence-corrected chi connectivity index (χ0v) is 16.0. The molecule has 0 aromatic heterocycles. The van der Waals surface area contributed by atoms with Crippen LogP contribution in [0.15, 0.2) is 10.2 Å². The van der Waals surface area contributed by atoms with Crippen LogP contribution < -0.4 is 0 Å². The summed E-state index contributed by atoms with van der Waals surface area (Å²) in [6.45, 7) is 13.2. The third-order valence-corrected chi connectivity index (χ3v) is 10.3. The number of rotatable bonds is 8. The zero-order chi connectivity index (χ0) is 15.2. The minimum atomic E-state index is -2.01. The lowest BCUT2D eigenvalue weighted by Crippen LogP contribution is -2.50. The van der Waals surface area contributed by atoms with Crippen molar-refractivity contribution in [2.75, 3.05) is 0 Å². The van der Waals surface area contributed by atoms with E-state index in [0.717, 1.165) is 0 Å². The summed E-state index contributed by atoms with van der Waals surface area (Å²) in [4.78, 5) is 11.0. The van der Waals surface area contributed by atoms with E-state index in [4.69, 9.17) is 9.53 Å². The van der Waals surface area contributed by atoms with Crippen LogP contribution in [-0.4, -0.2) is 25.5 Å². The van der Waals surface area contributed by atoms with Gasteiger partial charge in [-0.25, -0.2) is 0 Å². The zero-order valence-electron chi connectivity index (χ0n) is 12.8. The van der Waals surface area contributed by atoms with Crippen LogP contribution in [0.25, 0.3) is 0 Å². The smallest absolute Gasteiger partial charge is 0.306 e. The van der Waals surface area contributed by atoms with E-state index in [1.54, 1.807) is 0 Å². The summed E-state index contributed by atoms with van der Waals surface area (Å²) < 4.78 is 8.29. The Balaban J connectivity index is 5.32. The van der Waals surface area contributed by atoms with Gasteiger partial charge in [-0.3, -0.25) is 4.79 Å². The Morgan fingerprint density at radius 2 is 1.58 bits per heavy atom. The van der Waals surface area contributed by atoms with Crippen molar-refractivity contribution in [1.29, 1.82) is 0 Å². The fourth-order valence-corrected chi connectivity index (χ4v) is 9.04. The summed E-state index contributed by atoms with van der Waals surface area (Å²) in [6, 6.07) is 0. The molecule has 0 aromatic rings. The average molecular weight is 398 g/mol. The minimum absolute atomic E-state index is 0.0421. The van der Waals surface area contributed by atoms with E-state index in [1.165, 1.54) is 0 Å². The maximum atomic E-state index is 11.0. The standard InChI is InChI=1S/C14H27IO3Si/c1-10(2)19(11(3)4,12(5)6)18-13(7-8-15)9-14(16)17/h7-8,10-13H,9H2,1-6H3,(H,16,17)/b8-7+/t13-/m1/s1. The van der Waals surface area contributed by atoms with Crippen molar-refractivity contribution >= 4 is 36.9 Å². The molecule has 112 valence electrons. The van der Waals surface area contributed by atoms with Crippen molar-refractivity contribution in [2.45, 2.75) is 70.7 Å². The number of carbonyl (C=O) groups is 1. The first kappa shape index (κ1) is 19.1. The van der Waals surface area contributed by atoms with Crippen LogP contribution in [0.2, 0.25) is 16.6 Å². The van der Waals surface area contributed by atoms with Crippen molar-refractivity contribution < 1.29 is 14.3 Å². The van der Waals surface area contributed by atoms with Crippen molar-refractivity contribution in [3.05, 3.63) is 10.2 Å². The number of hydrogen-bond acceptors (Lipinski definition) is 2. The molecular weight excluding hydrogens is 371 g/mol. The van der Waals surface area contributed by atoms with Gasteiger partial charge < -0.3 is 9.53 Å². The molecular formula is C14H27IO3Si. The maximum Gasteiger partial charge on any atom is 0.306 e. The van der Waals surface area contributed by atoms with E-state index in [1.807, 2.05) is 10.2 Å². The number of hydrogen-bond donors (Lipinski definition) is 1. The van der Waals surface area contributed by atoms with Gasteiger partial charge in [-0.15, -0.1) is 0 Å². The van der Waals surface area contributed by atoms with Crippen LogP contribution in [-0.2, 0) is 9.22 Å². The molecule has 0 aliphatic rings. The Morgan fingerprint density at radius 1 is 1.16 bits per heavy atom. The fourth-order valence-electron chi connectivity index (χ4n) is 3.07. The Bertz CT molecular complexity index is 292. The summed E-state index contributed by atoms with van der Waals surface area (Å²) in [5, 5.41) is 9.02. The van der Waals surface area contributed by atoms with E-state index >= 15 is 0 Å².